The van der Waals surface area contributed by atoms with Gasteiger partial charge in [0.25, 0.3) is 0 Å². The molecule has 2 N–H and O–H groups in total. The Morgan fingerprint density at radius 3 is 2.00 bits per heavy atom. The average molecular weight is 278 g/mol. The summed E-state index contributed by atoms with van der Waals surface area (Å²) in [5, 5.41) is 20.3. The monoisotopic (exact) mass is 278 g/mol. The van der Waals surface area contributed by atoms with Crippen molar-refractivity contribution in [2.75, 3.05) is 0 Å². The van der Waals surface area contributed by atoms with Crippen LogP contribution in [0.5, 0.6) is 11.5 Å². The lowest BCUT2D eigenvalue weighted by atomic mass is 9.80. The molecular weight excluding hydrogens is 252 g/mol. The fourth-order valence-electron chi connectivity index (χ4n) is 3.43. The molecule has 1 aromatic carbocycles. The van der Waals surface area contributed by atoms with Crippen molar-refractivity contribution in [3.05, 3.63) is 24.3 Å². The molecule has 1 aromatic rings. The zero-order valence-corrected chi connectivity index (χ0v) is 13.3. The van der Waals surface area contributed by atoms with Crippen LogP contribution in [0, 0.1) is 16.2 Å². The van der Waals surface area contributed by atoms with Crippen molar-refractivity contribution in [3.8, 4) is 11.5 Å². The lowest BCUT2D eigenvalue weighted by Gasteiger charge is -2.26. The van der Waals surface area contributed by atoms with Gasteiger partial charge in [0, 0.05) is 10.8 Å². The molecule has 0 bridgehead atoms. The van der Waals surface area contributed by atoms with Crippen molar-refractivity contribution in [1.29, 1.82) is 0 Å². The molecule has 0 spiro atoms. The number of hydrogen-bond donors (Lipinski definition) is 2. The van der Waals surface area contributed by atoms with Gasteiger partial charge < -0.3 is 14.9 Å². The van der Waals surface area contributed by atoms with Crippen molar-refractivity contribution in [2.24, 2.45) is 16.2 Å². The minimum absolute atomic E-state index is 0.120. The first kappa shape index (κ1) is 15.2. The average Bonchev–Trinajstić information content (AvgIpc) is 2.58. The van der Waals surface area contributed by atoms with Gasteiger partial charge in [-0.1, -0.05) is 41.5 Å². The van der Waals surface area contributed by atoms with E-state index in [1.165, 1.54) is 0 Å². The van der Waals surface area contributed by atoms with Crippen molar-refractivity contribution in [1.82, 2.24) is 0 Å². The largest absolute Gasteiger partial charge is 0.508 e. The van der Waals surface area contributed by atoms with Crippen LogP contribution in [0.4, 0.5) is 0 Å². The lowest BCUT2D eigenvalue weighted by Crippen LogP contribution is -2.29. The molecule has 0 amide bonds. The molecule has 1 aliphatic rings. The molecule has 1 aliphatic carbocycles. The van der Waals surface area contributed by atoms with Gasteiger partial charge in [0.1, 0.15) is 11.5 Å². The summed E-state index contributed by atoms with van der Waals surface area (Å²) in [4.78, 5) is 0. The van der Waals surface area contributed by atoms with Crippen LogP contribution in [0.15, 0.2) is 24.3 Å². The van der Waals surface area contributed by atoms with Crippen LogP contribution in [0.1, 0.15) is 48.0 Å². The summed E-state index contributed by atoms with van der Waals surface area (Å²) in [5.41, 5.74) is -0.490. The summed E-state index contributed by atoms with van der Waals surface area (Å²) < 4.78 is 5.89. The quantitative estimate of drug-likeness (QED) is 0.823. The van der Waals surface area contributed by atoms with E-state index in [1.807, 2.05) is 13.8 Å². The summed E-state index contributed by atoms with van der Waals surface area (Å²) in [6.07, 6.45) is 0.877. The van der Waals surface area contributed by atoms with E-state index in [1.54, 1.807) is 24.3 Å². The van der Waals surface area contributed by atoms with Gasteiger partial charge >= 0.3 is 0 Å². The SMILES string of the molecule is CC(C)(C)CC1(C)C(C)(C)C1(O)Oc1ccc(O)cc1. The van der Waals surface area contributed by atoms with Crippen molar-refractivity contribution < 1.29 is 14.9 Å². The zero-order valence-electron chi connectivity index (χ0n) is 13.3. The van der Waals surface area contributed by atoms with Crippen molar-refractivity contribution in [3.63, 3.8) is 0 Å². The highest BCUT2D eigenvalue weighted by atomic mass is 16.6. The van der Waals surface area contributed by atoms with Crippen LogP contribution in [0.25, 0.3) is 0 Å². The van der Waals surface area contributed by atoms with E-state index in [9.17, 15) is 10.2 Å². The molecule has 1 fully saturated rings. The van der Waals surface area contributed by atoms with Gasteiger partial charge in [0.05, 0.1) is 0 Å². The molecule has 3 heteroatoms. The Balaban J connectivity index is 2.24. The van der Waals surface area contributed by atoms with Crippen LogP contribution in [-0.2, 0) is 0 Å². The summed E-state index contributed by atoms with van der Waals surface area (Å²) in [6, 6.07) is 6.49. The molecule has 2 rings (SSSR count). The maximum atomic E-state index is 11.0. The highest BCUT2D eigenvalue weighted by molar-refractivity contribution is 5.33. The van der Waals surface area contributed by atoms with Gasteiger partial charge in [0.15, 0.2) is 0 Å². The van der Waals surface area contributed by atoms with Crippen molar-refractivity contribution >= 4 is 0 Å². The molecular formula is C17H26O3. The first-order valence-electron chi connectivity index (χ1n) is 7.13. The number of ether oxygens (including phenoxy) is 1. The van der Waals surface area contributed by atoms with Gasteiger partial charge in [-0.15, -0.1) is 0 Å². The van der Waals surface area contributed by atoms with E-state index in [0.29, 0.717) is 5.75 Å². The maximum absolute atomic E-state index is 11.0. The van der Waals surface area contributed by atoms with Crippen LogP contribution in [0.2, 0.25) is 0 Å². The molecule has 0 saturated heterocycles. The summed E-state index contributed by atoms with van der Waals surface area (Å²) in [6.45, 7) is 12.7. The zero-order chi connectivity index (χ0) is 15.4. The Morgan fingerprint density at radius 1 is 1.05 bits per heavy atom. The second-order valence-corrected chi connectivity index (χ2v) is 7.93. The van der Waals surface area contributed by atoms with Gasteiger partial charge in [-0.05, 0) is 36.1 Å². The van der Waals surface area contributed by atoms with Crippen molar-refractivity contribution in [2.45, 2.75) is 53.8 Å². The molecule has 2 unspecified atom stereocenters. The first-order chi connectivity index (χ1) is 8.93. The summed E-state index contributed by atoms with van der Waals surface area (Å²) in [7, 11) is 0. The molecule has 20 heavy (non-hydrogen) atoms. The van der Waals surface area contributed by atoms with E-state index >= 15 is 0 Å². The Morgan fingerprint density at radius 2 is 1.55 bits per heavy atom. The second kappa shape index (κ2) is 4.14. The Bertz CT molecular complexity index is 498. The number of rotatable bonds is 3. The molecule has 0 aromatic heterocycles. The third-order valence-electron chi connectivity index (χ3n) is 4.90. The third kappa shape index (κ3) is 2.08. The predicted octanol–water partition coefficient (Wildman–Crippen LogP) is 3.94. The van der Waals surface area contributed by atoms with Gasteiger partial charge in [0.2, 0.25) is 5.79 Å². The standard InChI is InChI=1S/C17H26O3/c1-14(2,3)11-16(6)15(4,5)17(16,19)20-13-9-7-12(18)8-10-13/h7-10,18-19H,11H2,1-6H3. The minimum atomic E-state index is -1.18. The van der Waals surface area contributed by atoms with Gasteiger partial charge in [-0.25, -0.2) is 0 Å². The molecule has 0 aliphatic heterocycles. The fraction of sp³-hybridized carbons (Fsp3) is 0.647. The molecule has 0 heterocycles. The summed E-state index contributed by atoms with van der Waals surface area (Å²) in [5.74, 6) is -0.405. The number of benzene rings is 1. The number of aliphatic hydroxyl groups is 1. The highest BCUT2D eigenvalue weighted by Crippen LogP contribution is 2.74. The van der Waals surface area contributed by atoms with E-state index in [4.69, 9.17) is 4.74 Å². The highest BCUT2D eigenvalue weighted by Gasteiger charge is 2.83. The van der Waals surface area contributed by atoms with Crippen LogP contribution >= 0.6 is 0 Å². The minimum Gasteiger partial charge on any atom is -0.508 e. The molecule has 2 atom stereocenters. The normalized spacial score (nSPS) is 31.9. The Kier molecular flexibility index (Phi) is 3.14. The van der Waals surface area contributed by atoms with Crippen LogP contribution in [0.3, 0.4) is 0 Å². The maximum Gasteiger partial charge on any atom is 0.220 e. The molecule has 3 nitrogen and oxygen atoms in total. The first-order valence-corrected chi connectivity index (χ1v) is 7.13. The lowest BCUT2D eigenvalue weighted by molar-refractivity contribution is -0.0983. The van der Waals surface area contributed by atoms with Crippen LogP contribution in [-0.4, -0.2) is 16.0 Å². The smallest absolute Gasteiger partial charge is 0.220 e. The number of aromatic hydroxyl groups is 1. The van der Waals surface area contributed by atoms with Gasteiger partial charge in [-0.3, -0.25) is 0 Å². The van der Waals surface area contributed by atoms with E-state index in [2.05, 4.69) is 27.7 Å². The Hall–Kier alpha value is -1.22. The Labute approximate surface area is 121 Å². The van der Waals surface area contributed by atoms with E-state index < -0.39 is 5.79 Å². The second-order valence-electron chi connectivity index (χ2n) is 7.93. The number of phenols is 1. The van der Waals surface area contributed by atoms with E-state index in [-0.39, 0.29) is 22.0 Å². The predicted molar refractivity (Wildman–Crippen MR) is 79.6 cm³/mol. The van der Waals surface area contributed by atoms with E-state index in [0.717, 1.165) is 6.42 Å². The third-order valence-corrected chi connectivity index (χ3v) is 4.90. The number of hydrogen-bond acceptors (Lipinski definition) is 3. The van der Waals surface area contributed by atoms with Crippen LogP contribution < -0.4 is 4.74 Å². The summed E-state index contributed by atoms with van der Waals surface area (Å²) >= 11 is 0. The molecule has 112 valence electrons. The van der Waals surface area contributed by atoms with Gasteiger partial charge in [-0.2, -0.15) is 0 Å². The topological polar surface area (TPSA) is 49.7 Å². The molecule has 1 saturated carbocycles. The fourth-order valence-corrected chi connectivity index (χ4v) is 3.43. The number of phenolic OH excluding ortho intramolecular Hbond substituents is 1. The molecule has 0 radical (unpaired) electrons.